The molecule has 1 aliphatic rings. The van der Waals surface area contributed by atoms with Crippen LogP contribution in [0, 0.1) is 25.5 Å². The highest BCUT2D eigenvalue weighted by atomic mass is 32.2. The number of benzene rings is 2. The van der Waals surface area contributed by atoms with Gasteiger partial charge in [0, 0.05) is 30.6 Å². The van der Waals surface area contributed by atoms with Gasteiger partial charge in [-0.25, -0.2) is 17.2 Å². The molecule has 1 aliphatic heterocycles. The van der Waals surface area contributed by atoms with Crippen molar-refractivity contribution in [3.8, 4) is 10.6 Å². The first-order chi connectivity index (χ1) is 14.3. The van der Waals surface area contributed by atoms with Crippen molar-refractivity contribution in [2.24, 2.45) is 0 Å². The van der Waals surface area contributed by atoms with Gasteiger partial charge >= 0.3 is 0 Å². The fraction of sp³-hybridized carbons (Fsp3) is 0.333. The molecule has 1 saturated heterocycles. The Hall–Kier alpha value is -2.23. The Labute approximate surface area is 178 Å². The second kappa shape index (κ2) is 8.13. The molecule has 9 heteroatoms. The minimum Gasteiger partial charge on any atom is -0.207 e. The van der Waals surface area contributed by atoms with Crippen molar-refractivity contribution < 1.29 is 17.2 Å². The number of hydrogen-bond acceptors (Lipinski definition) is 5. The third-order valence-electron chi connectivity index (χ3n) is 5.52. The van der Waals surface area contributed by atoms with Crippen molar-refractivity contribution in [3.05, 3.63) is 64.2 Å². The summed E-state index contributed by atoms with van der Waals surface area (Å²) < 4.78 is 54.6. The van der Waals surface area contributed by atoms with E-state index in [1.165, 1.54) is 27.8 Å². The van der Waals surface area contributed by atoms with Gasteiger partial charge < -0.3 is 0 Å². The van der Waals surface area contributed by atoms with Gasteiger partial charge in [-0.1, -0.05) is 17.4 Å². The highest BCUT2D eigenvalue weighted by Crippen LogP contribution is 2.35. The molecule has 158 valence electrons. The first-order valence-electron chi connectivity index (χ1n) is 9.62. The van der Waals surface area contributed by atoms with Gasteiger partial charge in [-0.3, -0.25) is 0 Å². The molecule has 1 fully saturated rings. The van der Waals surface area contributed by atoms with Crippen LogP contribution in [-0.4, -0.2) is 36.0 Å². The largest absolute Gasteiger partial charge is 0.243 e. The van der Waals surface area contributed by atoms with Gasteiger partial charge in [-0.2, -0.15) is 4.31 Å². The summed E-state index contributed by atoms with van der Waals surface area (Å²) in [6.07, 6.45) is 1.23. The molecule has 1 aromatic heterocycles. The summed E-state index contributed by atoms with van der Waals surface area (Å²) >= 11 is 1.27. The summed E-state index contributed by atoms with van der Waals surface area (Å²) in [6, 6.07) is 8.56. The highest BCUT2D eigenvalue weighted by Gasteiger charge is 2.31. The van der Waals surface area contributed by atoms with Crippen molar-refractivity contribution in [2.45, 2.75) is 37.5 Å². The SMILES string of the molecule is Cc1ccc(S(=O)(=O)N2CCC(c3nnc(-c4ccc(F)cc4F)s3)CC2)cc1C. The lowest BCUT2D eigenvalue weighted by Crippen LogP contribution is -2.37. The molecule has 2 heterocycles. The lowest BCUT2D eigenvalue weighted by molar-refractivity contribution is 0.318. The fourth-order valence-electron chi connectivity index (χ4n) is 3.54. The number of halogens is 2. The Morgan fingerprint density at radius 3 is 2.40 bits per heavy atom. The number of sulfonamides is 1. The number of aromatic nitrogens is 2. The summed E-state index contributed by atoms with van der Waals surface area (Å²) in [4.78, 5) is 0.314. The number of aryl methyl sites for hydroxylation is 2. The van der Waals surface area contributed by atoms with Crippen LogP contribution in [0.2, 0.25) is 0 Å². The summed E-state index contributed by atoms with van der Waals surface area (Å²) in [7, 11) is -3.54. The summed E-state index contributed by atoms with van der Waals surface area (Å²) in [6.45, 7) is 4.63. The molecule has 0 bridgehead atoms. The zero-order valence-electron chi connectivity index (χ0n) is 16.6. The van der Waals surface area contributed by atoms with Gasteiger partial charge in [0.05, 0.1) is 4.90 Å². The molecule has 5 nitrogen and oxygen atoms in total. The number of hydrogen-bond donors (Lipinski definition) is 0. The summed E-state index contributed by atoms with van der Waals surface area (Å²) in [5.74, 6) is -1.25. The van der Waals surface area contributed by atoms with Crippen LogP contribution in [0.4, 0.5) is 8.78 Å². The van der Waals surface area contributed by atoms with Crippen LogP contribution in [0.5, 0.6) is 0 Å². The van der Waals surface area contributed by atoms with Crippen LogP contribution in [-0.2, 0) is 10.0 Å². The van der Waals surface area contributed by atoms with Crippen LogP contribution in [0.15, 0.2) is 41.3 Å². The molecule has 0 spiro atoms. The Balaban J connectivity index is 1.47. The predicted octanol–water partition coefficient (Wildman–Crippen LogP) is 4.67. The monoisotopic (exact) mass is 449 g/mol. The predicted molar refractivity (Wildman–Crippen MR) is 112 cm³/mol. The number of rotatable bonds is 4. The van der Waals surface area contributed by atoms with Crippen LogP contribution in [0.25, 0.3) is 10.6 Å². The molecule has 2 aromatic carbocycles. The number of nitrogens with zero attached hydrogens (tertiary/aromatic N) is 3. The van der Waals surface area contributed by atoms with E-state index in [1.807, 2.05) is 19.9 Å². The molecule has 0 aliphatic carbocycles. The van der Waals surface area contributed by atoms with Gasteiger partial charge in [0.15, 0.2) is 5.01 Å². The first kappa shape index (κ1) is 21.0. The molecule has 0 atom stereocenters. The van der Waals surface area contributed by atoms with E-state index < -0.39 is 21.7 Å². The lowest BCUT2D eigenvalue weighted by atomic mass is 9.99. The third kappa shape index (κ3) is 4.01. The minimum atomic E-state index is -3.54. The molecule has 30 heavy (non-hydrogen) atoms. The lowest BCUT2D eigenvalue weighted by Gasteiger charge is -2.30. The van der Waals surface area contributed by atoms with E-state index in [4.69, 9.17) is 0 Å². The fourth-order valence-corrected chi connectivity index (χ4v) is 6.13. The Morgan fingerprint density at radius 2 is 1.73 bits per heavy atom. The zero-order valence-corrected chi connectivity index (χ0v) is 18.2. The van der Waals surface area contributed by atoms with E-state index in [0.717, 1.165) is 22.2 Å². The van der Waals surface area contributed by atoms with Gasteiger partial charge in [0.1, 0.15) is 16.6 Å². The molecular formula is C21H21F2N3O2S2. The maximum atomic E-state index is 14.0. The molecular weight excluding hydrogens is 428 g/mol. The smallest absolute Gasteiger partial charge is 0.207 e. The third-order valence-corrected chi connectivity index (χ3v) is 8.54. The minimum absolute atomic E-state index is 0.0611. The molecule has 0 radical (unpaired) electrons. The highest BCUT2D eigenvalue weighted by molar-refractivity contribution is 7.89. The Kier molecular flexibility index (Phi) is 5.69. The maximum absolute atomic E-state index is 14.0. The second-order valence-electron chi connectivity index (χ2n) is 7.49. The van der Waals surface area contributed by atoms with Gasteiger partial charge in [-0.15, -0.1) is 10.2 Å². The van der Waals surface area contributed by atoms with Crippen LogP contribution < -0.4 is 0 Å². The van der Waals surface area contributed by atoms with Crippen LogP contribution in [0.1, 0.15) is 34.9 Å². The van der Waals surface area contributed by atoms with E-state index in [-0.39, 0.29) is 11.5 Å². The molecule has 3 aromatic rings. The molecule has 4 rings (SSSR count). The average molecular weight is 450 g/mol. The van der Waals surface area contributed by atoms with E-state index in [9.17, 15) is 17.2 Å². The van der Waals surface area contributed by atoms with Crippen LogP contribution in [0.3, 0.4) is 0 Å². The summed E-state index contributed by atoms with van der Waals surface area (Å²) in [5, 5.41) is 9.39. The van der Waals surface area contributed by atoms with Gasteiger partial charge in [0.2, 0.25) is 10.0 Å². The van der Waals surface area contributed by atoms with Gasteiger partial charge in [0.25, 0.3) is 0 Å². The van der Waals surface area contributed by atoms with Crippen molar-refractivity contribution >= 4 is 21.4 Å². The molecule has 0 N–H and O–H groups in total. The van der Waals surface area contributed by atoms with Crippen molar-refractivity contribution in [2.75, 3.05) is 13.1 Å². The number of piperidine rings is 1. The second-order valence-corrected chi connectivity index (χ2v) is 10.4. The zero-order chi connectivity index (χ0) is 21.5. The van der Waals surface area contributed by atoms with Gasteiger partial charge in [-0.05, 0) is 62.1 Å². The van der Waals surface area contributed by atoms with Crippen molar-refractivity contribution in [3.63, 3.8) is 0 Å². The Bertz CT molecular complexity index is 1190. The van der Waals surface area contributed by atoms with E-state index in [0.29, 0.717) is 35.8 Å². The maximum Gasteiger partial charge on any atom is 0.243 e. The van der Waals surface area contributed by atoms with Crippen molar-refractivity contribution in [1.82, 2.24) is 14.5 Å². The van der Waals surface area contributed by atoms with E-state index in [1.54, 1.807) is 12.1 Å². The van der Waals surface area contributed by atoms with Crippen molar-refractivity contribution in [1.29, 1.82) is 0 Å². The molecule has 0 saturated carbocycles. The Morgan fingerprint density at radius 1 is 1.00 bits per heavy atom. The quantitative estimate of drug-likeness (QED) is 0.581. The standard InChI is InChI=1S/C21H21F2N3O2S2/c1-13-3-5-17(11-14(13)2)30(27,28)26-9-7-15(8-10-26)20-24-25-21(29-20)18-6-4-16(22)12-19(18)23/h3-6,11-12,15H,7-10H2,1-2H3. The normalized spacial score (nSPS) is 16.1. The topological polar surface area (TPSA) is 63.2 Å². The summed E-state index contributed by atoms with van der Waals surface area (Å²) in [5.41, 5.74) is 2.22. The average Bonchev–Trinajstić information content (AvgIpc) is 3.20. The first-order valence-corrected chi connectivity index (χ1v) is 11.9. The molecule has 0 amide bonds. The van der Waals surface area contributed by atoms with E-state index in [2.05, 4.69) is 10.2 Å². The van der Waals surface area contributed by atoms with Crippen LogP contribution >= 0.6 is 11.3 Å². The molecule has 0 unspecified atom stereocenters. The van der Waals surface area contributed by atoms with E-state index >= 15 is 0 Å².